The summed E-state index contributed by atoms with van der Waals surface area (Å²) in [6.07, 6.45) is -0.557. The molecule has 0 spiro atoms. The molecular formula is C12H15Cl2N3O2. The first-order valence-electron chi connectivity index (χ1n) is 5.86. The molecule has 2 atom stereocenters. The molecule has 1 aromatic carbocycles. The number of carbonyl (C=O) groups excluding carboxylic acids is 1. The number of β-amino-alcohol motifs (C(OH)–C–C–N with tert-alkyl or cyclic N) is 1. The van der Waals surface area contributed by atoms with E-state index in [9.17, 15) is 9.90 Å². The first-order valence-corrected chi connectivity index (χ1v) is 6.61. The molecule has 1 aliphatic rings. The lowest BCUT2D eigenvalue weighted by Crippen LogP contribution is -2.46. The molecule has 0 radical (unpaired) electrons. The Labute approximate surface area is 121 Å². The van der Waals surface area contributed by atoms with Crippen LogP contribution in [-0.4, -0.2) is 48.3 Å². The van der Waals surface area contributed by atoms with E-state index in [1.807, 2.05) is 0 Å². The zero-order chi connectivity index (χ0) is 14.0. The fraction of sp³-hybridized carbons (Fsp3) is 0.417. The van der Waals surface area contributed by atoms with Crippen molar-refractivity contribution in [3.8, 4) is 0 Å². The molecule has 2 amide bonds. The van der Waals surface area contributed by atoms with Crippen LogP contribution in [0.4, 0.5) is 10.5 Å². The van der Waals surface area contributed by atoms with Crippen LogP contribution in [0, 0.1) is 0 Å². The summed E-state index contributed by atoms with van der Waals surface area (Å²) in [5, 5.41) is 16.4. The minimum Gasteiger partial charge on any atom is -0.390 e. The predicted octanol–water partition coefficient (Wildman–Crippen LogP) is 1.79. The van der Waals surface area contributed by atoms with Crippen LogP contribution in [0.1, 0.15) is 0 Å². The second kappa shape index (κ2) is 5.96. The number of nitrogens with one attached hydrogen (secondary N) is 2. The van der Waals surface area contributed by atoms with Crippen molar-refractivity contribution in [1.82, 2.24) is 10.2 Å². The SMILES string of the molecule is CN(C(=O)Nc1cc(Cl)cc(Cl)c1)[C@H]1CNC[C@@H]1O. The maximum atomic E-state index is 12.1. The van der Waals surface area contributed by atoms with Crippen LogP contribution >= 0.6 is 23.2 Å². The van der Waals surface area contributed by atoms with Gasteiger partial charge in [-0.1, -0.05) is 23.2 Å². The highest BCUT2D eigenvalue weighted by Crippen LogP contribution is 2.23. The third-order valence-corrected chi connectivity index (χ3v) is 3.52. The third kappa shape index (κ3) is 3.51. The number of nitrogens with zero attached hydrogens (tertiary/aromatic N) is 1. The van der Waals surface area contributed by atoms with Gasteiger partial charge in [-0.3, -0.25) is 0 Å². The zero-order valence-corrected chi connectivity index (χ0v) is 11.9. The summed E-state index contributed by atoms with van der Waals surface area (Å²) in [6.45, 7) is 1.06. The maximum Gasteiger partial charge on any atom is 0.321 e. The van der Waals surface area contributed by atoms with Crippen molar-refractivity contribution in [2.75, 3.05) is 25.5 Å². The van der Waals surface area contributed by atoms with Crippen molar-refractivity contribution in [1.29, 1.82) is 0 Å². The molecule has 0 aliphatic carbocycles. The molecule has 0 saturated carbocycles. The Morgan fingerprint density at radius 1 is 1.37 bits per heavy atom. The van der Waals surface area contributed by atoms with E-state index in [4.69, 9.17) is 23.2 Å². The van der Waals surface area contributed by atoms with Gasteiger partial charge in [0.2, 0.25) is 0 Å². The average Bonchev–Trinajstić information content (AvgIpc) is 2.73. The largest absolute Gasteiger partial charge is 0.390 e. The topological polar surface area (TPSA) is 64.6 Å². The molecule has 1 heterocycles. The van der Waals surface area contributed by atoms with Gasteiger partial charge in [-0.15, -0.1) is 0 Å². The lowest BCUT2D eigenvalue weighted by atomic mass is 10.2. The molecule has 0 bridgehead atoms. The molecule has 7 heteroatoms. The van der Waals surface area contributed by atoms with Crippen LogP contribution in [0.3, 0.4) is 0 Å². The Hall–Kier alpha value is -1.01. The molecule has 0 aromatic heterocycles. The van der Waals surface area contributed by atoms with Gasteiger partial charge in [0.05, 0.1) is 12.1 Å². The monoisotopic (exact) mass is 303 g/mol. The van der Waals surface area contributed by atoms with Crippen molar-refractivity contribution >= 4 is 34.9 Å². The molecule has 2 rings (SSSR count). The van der Waals surface area contributed by atoms with Crippen molar-refractivity contribution in [2.24, 2.45) is 0 Å². The highest BCUT2D eigenvalue weighted by molar-refractivity contribution is 6.35. The number of aliphatic hydroxyl groups excluding tert-OH is 1. The van der Waals surface area contributed by atoms with Crippen LogP contribution in [-0.2, 0) is 0 Å². The van der Waals surface area contributed by atoms with Gasteiger partial charge < -0.3 is 20.6 Å². The number of hydrogen-bond donors (Lipinski definition) is 3. The van der Waals surface area contributed by atoms with E-state index in [1.54, 1.807) is 25.2 Å². The highest BCUT2D eigenvalue weighted by Gasteiger charge is 2.31. The lowest BCUT2D eigenvalue weighted by molar-refractivity contribution is 0.115. The summed E-state index contributed by atoms with van der Waals surface area (Å²) in [7, 11) is 1.64. The summed E-state index contributed by atoms with van der Waals surface area (Å²) in [5.41, 5.74) is 0.523. The number of carbonyl (C=O) groups is 1. The predicted molar refractivity (Wildman–Crippen MR) is 75.9 cm³/mol. The lowest BCUT2D eigenvalue weighted by Gasteiger charge is -2.26. The van der Waals surface area contributed by atoms with Crippen LogP contribution in [0.15, 0.2) is 18.2 Å². The summed E-state index contributed by atoms with van der Waals surface area (Å²) in [4.78, 5) is 13.5. The van der Waals surface area contributed by atoms with Gasteiger partial charge in [0.25, 0.3) is 0 Å². The molecule has 19 heavy (non-hydrogen) atoms. The van der Waals surface area contributed by atoms with Gasteiger partial charge in [-0.05, 0) is 18.2 Å². The highest BCUT2D eigenvalue weighted by atomic mass is 35.5. The van der Waals surface area contributed by atoms with Gasteiger partial charge >= 0.3 is 6.03 Å². The molecule has 5 nitrogen and oxygen atoms in total. The standard InChI is InChI=1S/C12H15Cl2N3O2/c1-17(10-5-15-6-11(10)18)12(19)16-9-3-7(13)2-8(14)4-9/h2-4,10-11,15,18H,5-6H2,1H3,(H,16,19)/t10-,11-/m0/s1. The number of hydrogen-bond acceptors (Lipinski definition) is 3. The van der Waals surface area contributed by atoms with Crippen LogP contribution < -0.4 is 10.6 Å². The fourth-order valence-corrected chi connectivity index (χ4v) is 2.56. The third-order valence-electron chi connectivity index (χ3n) is 3.08. The molecule has 0 unspecified atom stereocenters. The summed E-state index contributed by atoms with van der Waals surface area (Å²) in [5.74, 6) is 0. The molecule has 1 fully saturated rings. The van der Waals surface area contributed by atoms with Gasteiger partial charge in [0, 0.05) is 35.9 Å². The Balaban J connectivity index is 2.04. The quantitative estimate of drug-likeness (QED) is 0.780. The molecule has 1 aliphatic heterocycles. The van der Waals surface area contributed by atoms with E-state index >= 15 is 0 Å². The van der Waals surface area contributed by atoms with Crippen LogP contribution in [0.2, 0.25) is 10.0 Å². The van der Waals surface area contributed by atoms with E-state index in [1.165, 1.54) is 4.90 Å². The number of rotatable bonds is 2. The van der Waals surface area contributed by atoms with Gasteiger partial charge in [-0.25, -0.2) is 4.79 Å². The van der Waals surface area contributed by atoms with Crippen LogP contribution in [0.5, 0.6) is 0 Å². The van der Waals surface area contributed by atoms with E-state index in [2.05, 4.69) is 10.6 Å². The van der Waals surface area contributed by atoms with Gasteiger partial charge in [0.15, 0.2) is 0 Å². The second-order valence-electron chi connectivity index (χ2n) is 4.49. The normalized spacial score (nSPS) is 22.3. The number of urea groups is 1. The number of halogens is 2. The van der Waals surface area contributed by atoms with Crippen molar-refractivity contribution in [2.45, 2.75) is 12.1 Å². The van der Waals surface area contributed by atoms with Crippen LogP contribution in [0.25, 0.3) is 0 Å². The molecule has 1 aromatic rings. The minimum absolute atomic E-state index is 0.241. The number of anilines is 1. The van der Waals surface area contributed by atoms with Gasteiger partial charge in [0.1, 0.15) is 0 Å². The van der Waals surface area contributed by atoms with E-state index in [0.717, 1.165) is 0 Å². The Bertz CT molecular complexity index is 464. The van der Waals surface area contributed by atoms with E-state index < -0.39 is 6.10 Å². The first-order chi connectivity index (χ1) is 8.97. The maximum absolute atomic E-state index is 12.1. The first kappa shape index (κ1) is 14.4. The molecule has 104 valence electrons. The smallest absolute Gasteiger partial charge is 0.321 e. The molecular weight excluding hydrogens is 289 g/mol. The number of aliphatic hydroxyl groups is 1. The summed E-state index contributed by atoms with van der Waals surface area (Å²) >= 11 is 11.7. The summed E-state index contributed by atoms with van der Waals surface area (Å²) in [6, 6.07) is 4.26. The molecule has 1 saturated heterocycles. The number of benzene rings is 1. The zero-order valence-electron chi connectivity index (χ0n) is 10.4. The number of amides is 2. The molecule has 3 N–H and O–H groups in total. The average molecular weight is 304 g/mol. The minimum atomic E-state index is -0.557. The Morgan fingerprint density at radius 2 is 2.00 bits per heavy atom. The Kier molecular flexibility index (Phi) is 4.52. The van der Waals surface area contributed by atoms with Crippen molar-refractivity contribution < 1.29 is 9.90 Å². The summed E-state index contributed by atoms with van der Waals surface area (Å²) < 4.78 is 0. The van der Waals surface area contributed by atoms with Gasteiger partial charge in [-0.2, -0.15) is 0 Å². The fourth-order valence-electron chi connectivity index (χ4n) is 2.03. The van der Waals surface area contributed by atoms with E-state index in [-0.39, 0.29) is 12.1 Å². The van der Waals surface area contributed by atoms with Crippen molar-refractivity contribution in [3.63, 3.8) is 0 Å². The number of likely N-dealkylation sites (N-methyl/N-ethyl adjacent to an activating group) is 1. The van der Waals surface area contributed by atoms with Crippen molar-refractivity contribution in [3.05, 3.63) is 28.2 Å². The van der Waals surface area contributed by atoms with E-state index in [0.29, 0.717) is 28.8 Å². The second-order valence-corrected chi connectivity index (χ2v) is 5.36. The Morgan fingerprint density at radius 3 is 2.53 bits per heavy atom.